The first-order valence-corrected chi connectivity index (χ1v) is 8.27. The van der Waals surface area contributed by atoms with Gasteiger partial charge in [0.15, 0.2) is 9.84 Å². The van der Waals surface area contributed by atoms with Crippen LogP contribution in [0.15, 0.2) is 12.4 Å². The Balaban J connectivity index is 2.87. The van der Waals surface area contributed by atoms with E-state index in [1.807, 2.05) is 24.6 Å². The fraction of sp³-hybridized carbons (Fsp3) is 0.750. The van der Waals surface area contributed by atoms with E-state index in [4.69, 9.17) is 0 Å². The molecule has 1 heterocycles. The van der Waals surface area contributed by atoms with Crippen molar-refractivity contribution in [1.82, 2.24) is 14.9 Å². The highest BCUT2D eigenvalue weighted by molar-refractivity contribution is 7.91. The lowest BCUT2D eigenvalue weighted by Gasteiger charge is -2.23. The fourth-order valence-electron chi connectivity index (χ4n) is 1.98. The SMILES string of the molecule is CCNC(Cc1nccn1CC)C(C)S(C)(=O)=O. The van der Waals surface area contributed by atoms with Gasteiger partial charge in [0.25, 0.3) is 0 Å². The van der Waals surface area contributed by atoms with Gasteiger partial charge in [-0.3, -0.25) is 0 Å². The van der Waals surface area contributed by atoms with Crippen molar-refractivity contribution in [3.05, 3.63) is 18.2 Å². The molecule has 0 amide bonds. The molecule has 104 valence electrons. The topological polar surface area (TPSA) is 64.0 Å². The molecule has 0 spiro atoms. The molecule has 0 aromatic carbocycles. The minimum atomic E-state index is -3.05. The summed E-state index contributed by atoms with van der Waals surface area (Å²) in [5.74, 6) is 0.930. The van der Waals surface area contributed by atoms with Crippen LogP contribution < -0.4 is 5.32 Å². The third kappa shape index (κ3) is 3.81. The van der Waals surface area contributed by atoms with E-state index >= 15 is 0 Å². The summed E-state index contributed by atoms with van der Waals surface area (Å²) >= 11 is 0. The van der Waals surface area contributed by atoms with Crippen LogP contribution in [0.25, 0.3) is 0 Å². The first kappa shape index (κ1) is 15.2. The molecule has 1 N–H and O–H groups in total. The third-order valence-corrected chi connectivity index (χ3v) is 4.93. The average molecular weight is 273 g/mol. The summed E-state index contributed by atoms with van der Waals surface area (Å²) in [5, 5.41) is 2.83. The Bertz CT molecular complexity index is 467. The quantitative estimate of drug-likeness (QED) is 0.800. The normalized spacial score (nSPS) is 15.6. The van der Waals surface area contributed by atoms with Crippen molar-refractivity contribution in [3.8, 4) is 0 Å². The van der Waals surface area contributed by atoms with Crippen molar-refractivity contribution < 1.29 is 8.42 Å². The van der Waals surface area contributed by atoms with E-state index in [1.54, 1.807) is 13.1 Å². The van der Waals surface area contributed by atoms with E-state index in [1.165, 1.54) is 6.26 Å². The van der Waals surface area contributed by atoms with Crippen molar-refractivity contribution in [2.45, 2.75) is 45.0 Å². The number of hydrogen-bond acceptors (Lipinski definition) is 4. The van der Waals surface area contributed by atoms with E-state index in [2.05, 4.69) is 10.3 Å². The molecule has 2 atom stereocenters. The van der Waals surface area contributed by atoms with Gasteiger partial charge in [-0.15, -0.1) is 0 Å². The number of nitrogens with zero attached hydrogens (tertiary/aromatic N) is 2. The van der Waals surface area contributed by atoms with Gasteiger partial charge in [0.2, 0.25) is 0 Å². The Labute approximate surface area is 110 Å². The molecule has 1 aromatic rings. The highest BCUT2D eigenvalue weighted by atomic mass is 32.2. The minimum Gasteiger partial charge on any atom is -0.335 e. The number of imidazole rings is 1. The predicted molar refractivity (Wildman–Crippen MR) is 73.4 cm³/mol. The molecule has 1 aromatic heterocycles. The molecule has 5 nitrogen and oxygen atoms in total. The third-order valence-electron chi connectivity index (χ3n) is 3.25. The first-order chi connectivity index (χ1) is 8.40. The number of aryl methyl sites for hydroxylation is 1. The smallest absolute Gasteiger partial charge is 0.151 e. The van der Waals surface area contributed by atoms with Crippen molar-refractivity contribution in [3.63, 3.8) is 0 Å². The molecule has 0 saturated heterocycles. The maximum absolute atomic E-state index is 11.7. The van der Waals surface area contributed by atoms with Crippen molar-refractivity contribution in [1.29, 1.82) is 0 Å². The second-order valence-electron chi connectivity index (χ2n) is 4.53. The fourth-order valence-corrected chi connectivity index (χ4v) is 2.77. The number of likely N-dealkylation sites (N-methyl/N-ethyl adjacent to an activating group) is 1. The van der Waals surface area contributed by atoms with Crippen LogP contribution in [0.2, 0.25) is 0 Å². The van der Waals surface area contributed by atoms with Crippen molar-refractivity contribution >= 4 is 9.84 Å². The summed E-state index contributed by atoms with van der Waals surface area (Å²) in [7, 11) is -3.05. The maximum atomic E-state index is 11.7. The molecule has 0 radical (unpaired) electrons. The Hall–Kier alpha value is -0.880. The summed E-state index contributed by atoms with van der Waals surface area (Å²) in [4.78, 5) is 4.30. The van der Waals surface area contributed by atoms with E-state index in [0.717, 1.165) is 18.9 Å². The van der Waals surface area contributed by atoms with Crippen molar-refractivity contribution in [2.24, 2.45) is 0 Å². The molecule has 0 aliphatic carbocycles. The van der Waals surface area contributed by atoms with E-state index in [0.29, 0.717) is 6.42 Å². The molecule has 0 saturated carbocycles. The molecule has 2 unspecified atom stereocenters. The Kier molecular flexibility index (Phi) is 5.34. The molecule has 6 heteroatoms. The van der Waals surface area contributed by atoms with Gasteiger partial charge in [0, 0.05) is 37.7 Å². The maximum Gasteiger partial charge on any atom is 0.151 e. The van der Waals surface area contributed by atoms with Crippen LogP contribution in [0.1, 0.15) is 26.6 Å². The molecule has 0 aliphatic heterocycles. The number of aromatic nitrogens is 2. The second kappa shape index (κ2) is 6.33. The second-order valence-corrected chi connectivity index (χ2v) is 6.94. The van der Waals surface area contributed by atoms with Crippen LogP contribution in [0.5, 0.6) is 0 Å². The molecular formula is C12H23N3O2S. The molecule has 1 rings (SSSR count). The van der Waals surface area contributed by atoms with Gasteiger partial charge in [-0.25, -0.2) is 13.4 Å². The Morgan fingerprint density at radius 2 is 2.11 bits per heavy atom. The lowest BCUT2D eigenvalue weighted by Crippen LogP contribution is -2.44. The van der Waals surface area contributed by atoms with Crippen LogP contribution in [0.3, 0.4) is 0 Å². The summed E-state index contributed by atoms with van der Waals surface area (Å²) in [6.07, 6.45) is 5.59. The van der Waals surface area contributed by atoms with Gasteiger partial charge in [0.1, 0.15) is 5.82 Å². The lowest BCUT2D eigenvalue weighted by molar-refractivity contribution is 0.478. The standard InChI is InChI=1S/C12H23N3O2S/c1-5-13-11(10(3)18(4,16)17)9-12-14-7-8-15(12)6-2/h7-8,10-11,13H,5-6,9H2,1-4H3. The monoisotopic (exact) mass is 273 g/mol. The summed E-state index contributed by atoms with van der Waals surface area (Å²) in [5.41, 5.74) is 0. The summed E-state index contributed by atoms with van der Waals surface area (Å²) in [6, 6.07) is -0.0994. The predicted octanol–water partition coefficient (Wildman–Crippen LogP) is 0.857. The van der Waals surface area contributed by atoms with Gasteiger partial charge < -0.3 is 9.88 Å². The van der Waals surface area contributed by atoms with E-state index < -0.39 is 15.1 Å². The van der Waals surface area contributed by atoms with E-state index in [9.17, 15) is 8.42 Å². The Morgan fingerprint density at radius 3 is 2.61 bits per heavy atom. The molecule has 0 aliphatic rings. The lowest BCUT2D eigenvalue weighted by atomic mass is 10.1. The van der Waals surface area contributed by atoms with Crippen LogP contribution >= 0.6 is 0 Å². The zero-order valence-corrected chi connectivity index (χ0v) is 12.4. The van der Waals surface area contributed by atoms with Gasteiger partial charge >= 0.3 is 0 Å². The number of sulfone groups is 1. The van der Waals surface area contributed by atoms with Crippen molar-refractivity contribution in [2.75, 3.05) is 12.8 Å². The van der Waals surface area contributed by atoms with E-state index in [-0.39, 0.29) is 6.04 Å². The Morgan fingerprint density at radius 1 is 1.44 bits per heavy atom. The molecular weight excluding hydrogens is 250 g/mol. The van der Waals surface area contributed by atoms with Crippen LogP contribution in [0, 0.1) is 0 Å². The van der Waals surface area contributed by atoms with Gasteiger partial charge in [-0.05, 0) is 20.4 Å². The van der Waals surface area contributed by atoms with Gasteiger partial charge in [-0.2, -0.15) is 0 Å². The summed E-state index contributed by atoms with van der Waals surface area (Å²) < 4.78 is 25.4. The first-order valence-electron chi connectivity index (χ1n) is 6.32. The minimum absolute atomic E-state index is 0.0994. The average Bonchev–Trinajstić information content (AvgIpc) is 2.73. The number of nitrogens with one attached hydrogen (secondary N) is 1. The largest absolute Gasteiger partial charge is 0.335 e. The van der Waals surface area contributed by atoms with Crippen LogP contribution in [-0.2, 0) is 22.8 Å². The molecule has 18 heavy (non-hydrogen) atoms. The summed E-state index contributed by atoms with van der Waals surface area (Å²) in [6.45, 7) is 7.38. The zero-order chi connectivity index (χ0) is 13.8. The molecule has 0 bridgehead atoms. The number of hydrogen-bond donors (Lipinski definition) is 1. The van der Waals surface area contributed by atoms with Crippen LogP contribution in [0.4, 0.5) is 0 Å². The number of rotatable bonds is 7. The highest BCUT2D eigenvalue weighted by Gasteiger charge is 2.26. The zero-order valence-electron chi connectivity index (χ0n) is 11.5. The highest BCUT2D eigenvalue weighted by Crippen LogP contribution is 2.10. The molecule has 0 fully saturated rings. The van der Waals surface area contributed by atoms with Gasteiger partial charge in [0.05, 0.1) is 5.25 Å². The van der Waals surface area contributed by atoms with Crippen LogP contribution in [-0.4, -0.2) is 42.1 Å². The van der Waals surface area contributed by atoms with Gasteiger partial charge in [-0.1, -0.05) is 6.92 Å².